The molecule has 6 nitrogen and oxygen atoms in total. The molecule has 2 aliphatic rings. The van der Waals surface area contributed by atoms with E-state index in [1.54, 1.807) is 12.4 Å². The number of hydrogen-bond donors (Lipinski definition) is 0. The Balaban J connectivity index is 1.54. The fourth-order valence-corrected chi connectivity index (χ4v) is 3.78. The average Bonchev–Trinajstić information content (AvgIpc) is 2.63. The van der Waals surface area contributed by atoms with E-state index in [4.69, 9.17) is 4.74 Å². The summed E-state index contributed by atoms with van der Waals surface area (Å²) in [6.07, 6.45) is 10.5. The van der Waals surface area contributed by atoms with Gasteiger partial charge in [-0.25, -0.2) is 9.97 Å². The van der Waals surface area contributed by atoms with Crippen LogP contribution in [0.1, 0.15) is 52.4 Å². The van der Waals surface area contributed by atoms with E-state index >= 15 is 0 Å². The van der Waals surface area contributed by atoms with Crippen molar-refractivity contribution in [2.75, 3.05) is 31.1 Å². The maximum atomic E-state index is 12.6. The normalized spacial score (nSPS) is 19.3. The molecular formula is C19H30N4O2. The van der Waals surface area contributed by atoms with E-state index in [1.807, 2.05) is 18.7 Å². The molecule has 0 bridgehead atoms. The van der Waals surface area contributed by atoms with E-state index in [2.05, 4.69) is 14.9 Å². The molecule has 1 aliphatic heterocycles. The average molecular weight is 346 g/mol. The number of piperazine rings is 1. The standard InChI is InChI=1S/C19H30N4O2/c1-15(2)25-19-18(20-8-9-21-19)23-12-10-22(11-13-23)17(24)14-16-6-4-3-5-7-16/h8-9,15-16H,3-7,10-14H2,1-2H3. The minimum atomic E-state index is 0.0637. The van der Waals surface area contributed by atoms with Crippen LogP contribution in [-0.4, -0.2) is 53.1 Å². The predicted molar refractivity (Wildman–Crippen MR) is 97.8 cm³/mol. The minimum absolute atomic E-state index is 0.0637. The van der Waals surface area contributed by atoms with E-state index in [-0.39, 0.29) is 6.10 Å². The first-order chi connectivity index (χ1) is 12.1. The Bertz CT molecular complexity index is 564. The van der Waals surface area contributed by atoms with Gasteiger partial charge in [0.15, 0.2) is 5.82 Å². The summed E-state index contributed by atoms with van der Waals surface area (Å²) in [5.74, 6) is 2.30. The topological polar surface area (TPSA) is 58.6 Å². The second-order valence-electron chi connectivity index (χ2n) is 7.43. The number of anilines is 1. The number of hydrogen-bond acceptors (Lipinski definition) is 5. The van der Waals surface area contributed by atoms with Crippen LogP contribution < -0.4 is 9.64 Å². The van der Waals surface area contributed by atoms with Crippen molar-refractivity contribution in [2.45, 2.75) is 58.5 Å². The highest BCUT2D eigenvalue weighted by Crippen LogP contribution is 2.28. The second kappa shape index (κ2) is 8.50. The van der Waals surface area contributed by atoms with Gasteiger partial charge in [-0.3, -0.25) is 4.79 Å². The van der Waals surface area contributed by atoms with Gasteiger partial charge in [-0.05, 0) is 32.6 Å². The minimum Gasteiger partial charge on any atom is -0.472 e. The van der Waals surface area contributed by atoms with Gasteiger partial charge in [0.2, 0.25) is 5.91 Å². The zero-order valence-electron chi connectivity index (χ0n) is 15.5. The summed E-state index contributed by atoms with van der Waals surface area (Å²) in [4.78, 5) is 25.5. The van der Waals surface area contributed by atoms with Crippen molar-refractivity contribution in [3.8, 4) is 5.88 Å². The molecule has 3 rings (SSSR count). The molecule has 0 N–H and O–H groups in total. The smallest absolute Gasteiger partial charge is 0.257 e. The molecule has 0 unspecified atom stereocenters. The van der Waals surface area contributed by atoms with Crippen molar-refractivity contribution in [3.63, 3.8) is 0 Å². The van der Waals surface area contributed by atoms with E-state index in [1.165, 1.54) is 32.1 Å². The third-order valence-corrected chi connectivity index (χ3v) is 5.11. The lowest BCUT2D eigenvalue weighted by Crippen LogP contribution is -2.49. The van der Waals surface area contributed by atoms with Crippen LogP contribution in [0.25, 0.3) is 0 Å². The first kappa shape index (κ1) is 18.0. The first-order valence-corrected chi connectivity index (χ1v) is 9.64. The number of carbonyl (C=O) groups excluding carboxylic acids is 1. The quantitative estimate of drug-likeness (QED) is 0.820. The van der Waals surface area contributed by atoms with Gasteiger partial charge < -0.3 is 14.5 Å². The summed E-state index contributed by atoms with van der Waals surface area (Å²) in [6, 6.07) is 0. The number of nitrogens with zero attached hydrogens (tertiary/aromatic N) is 4. The Hall–Kier alpha value is -1.85. The van der Waals surface area contributed by atoms with Crippen molar-refractivity contribution < 1.29 is 9.53 Å². The molecule has 1 saturated carbocycles. The van der Waals surface area contributed by atoms with E-state index in [0.717, 1.165) is 38.4 Å². The van der Waals surface area contributed by atoms with Gasteiger partial charge in [0.1, 0.15) is 0 Å². The zero-order valence-corrected chi connectivity index (χ0v) is 15.5. The van der Waals surface area contributed by atoms with Gasteiger partial charge in [0, 0.05) is 45.0 Å². The third-order valence-electron chi connectivity index (χ3n) is 5.11. The predicted octanol–water partition coefficient (Wildman–Crippen LogP) is 2.88. The van der Waals surface area contributed by atoms with Crippen LogP contribution in [0.2, 0.25) is 0 Å². The molecule has 1 aromatic rings. The number of aromatic nitrogens is 2. The maximum absolute atomic E-state index is 12.6. The number of rotatable bonds is 5. The Kier molecular flexibility index (Phi) is 6.10. The van der Waals surface area contributed by atoms with Crippen LogP contribution in [0.4, 0.5) is 5.82 Å². The van der Waals surface area contributed by atoms with Crippen LogP contribution in [0, 0.1) is 5.92 Å². The summed E-state index contributed by atoms with van der Waals surface area (Å²) in [7, 11) is 0. The number of ether oxygens (including phenoxy) is 1. The molecule has 138 valence electrons. The molecule has 0 atom stereocenters. The summed E-state index contributed by atoms with van der Waals surface area (Å²) in [6.45, 7) is 7.04. The fraction of sp³-hybridized carbons (Fsp3) is 0.737. The Labute approximate surface area is 150 Å². The highest BCUT2D eigenvalue weighted by molar-refractivity contribution is 5.76. The maximum Gasteiger partial charge on any atom is 0.257 e. The lowest BCUT2D eigenvalue weighted by molar-refractivity contribution is -0.132. The fourth-order valence-electron chi connectivity index (χ4n) is 3.78. The molecule has 1 amide bonds. The molecule has 1 aromatic heterocycles. The van der Waals surface area contributed by atoms with Crippen LogP contribution in [0.5, 0.6) is 5.88 Å². The number of carbonyl (C=O) groups is 1. The van der Waals surface area contributed by atoms with Crippen LogP contribution in [0.15, 0.2) is 12.4 Å². The van der Waals surface area contributed by atoms with E-state index < -0.39 is 0 Å². The molecule has 2 heterocycles. The molecule has 25 heavy (non-hydrogen) atoms. The monoisotopic (exact) mass is 346 g/mol. The second-order valence-corrected chi connectivity index (χ2v) is 7.43. The van der Waals surface area contributed by atoms with E-state index in [0.29, 0.717) is 17.7 Å². The molecule has 1 saturated heterocycles. The Morgan fingerprint density at radius 2 is 1.80 bits per heavy atom. The van der Waals surface area contributed by atoms with Crippen molar-refractivity contribution in [1.29, 1.82) is 0 Å². The highest BCUT2D eigenvalue weighted by atomic mass is 16.5. The SMILES string of the molecule is CC(C)Oc1nccnc1N1CCN(C(=O)CC2CCCCC2)CC1. The molecule has 0 radical (unpaired) electrons. The van der Waals surface area contributed by atoms with Crippen LogP contribution >= 0.6 is 0 Å². The van der Waals surface area contributed by atoms with Crippen molar-refractivity contribution in [2.24, 2.45) is 5.92 Å². The summed E-state index contributed by atoms with van der Waals surface area (Å²) >= 11 is 0. The van der Waals surface area contributed by atoms with Gasteiger partial charge in [0.05, 0.1) is 6.10 Å². The Morgan fingerprint density at radius 1 is 1.12 bits per heavy atom. The van der Waals surface area contributed by atoms with Gasteiger partial charge in [-0.15, -0.1) is 0 Å². The third kappa shape index (κ3) is 4.83. The zero-order chi connectivity index (χ0) is 17.6. The van der Waals surface area contributed by atoms with Crippen molar-refractivity contribution in [3.05, 3.63) is 12.4 Å². The van der Waals surface area contributed by atoms with Crippen molar-refractivity contribution >= 4 is 11.7 Å². The molecule has 2 fully saturated rings. The number of amides is 1. The molecular weight excluding hydrogens is 316 g/mol. The molecule has 1 aliphatic carbocycles. The van der Waals surface area contributed by atoms with Gasteiger partial charge in [0.25, 0.3) is 5.88 Å². The summed E-state index contributed by atoms with van der Waals surface area (Å²) < 4.78 is 5.78. The van der Waals surface area contributed by atoms with Gasteiger partial charge in [-0.2, -0.15) is 0 Å². The summed E-state index contributed by atoms with van der Waals surface area (Å²) in [5, 5.41) is 0. The first-order valence-electron chi connectivity index (χ1n) is 9.64. The Morgan fingerprint density at radius 3 is 2.48 bits per heavy atom. The van der Waals surface area contributed by atoms with Crippen molar-refractivity contribution in [1.82, 2.24) is 14.9 Å². The van der Waals surface area contributed by atoms with Gasteiger partial charge in [-0.1, -0.05) is 19.3 Å². The molecule has 0 spiro atoms. The summed E-state index contributed by atoms with van der Waals surface area (Å²) in [5.41, 5.74) is 0. The lowest BCUT2D eigenvalue weighted by atomic mass is 9.86. The molecule has 0 aromatic carbocycles. The lowest BCUT2D eigenvalue weighted by Gasteiger charge is -2.36. The largest absolute Gasteiger partial charge is 0.472 e. The highest BCUT2D eigenvalue weighted by Gasteiger charge is 2.26. The van der Waals surface area contributed by atoms with Gasteiger partial charge >= 0.3 is 0 Å². The van der Waals surface area contributed by atoms with Crippen LogP contribution in [0.3, 0.4) is 0 Å². The molecule has 6 heteroatoms. The van der Waals surface area contributed by atoms with E-state index in [9.17, 15) is 4.79 Å². The van der Waals surface area contributed by atoms with Crippen LogP contribution in [-0.2, 0) is 4.79 Å².